The highest BCUT2D eigenvalue weighted by Gasteiger charge is 2.07. The smallest absolute Gasteiger partial charge is 0.126 e. The molecule has 0 atom stereocenters. The van der Waals surface area contributed by atoms with E-state index in [9.17, 15) is 4.39 Å². The minimum Gasteiger partial charge on any atom is -0.344 e. The quantitative estimate of drug-likeness (QED) is 0.798. The SMILES string of the molecule is Cc1cccc(N(C)c2cc(F)cc(C#N)c2)c1. The average Bonchev–Trinajstić information content (AvgIpc) is 2.37. The molecular formula is C15H13FN2. The topological polar surface area (TPSA) is 27.0 Å². The molecule has 0 saturated carbocycles. The van der Waals surface area contributed by atoms with Crippen LogP contribution in [-0.2, 0) is 0 Å². The molecule has 0 amide bonds. The van der Waals surface area contributed by atoms with Gasteiger partial charge in [-0.05, 0) is 42.8 Å². The second-order valence-electron chi connectivity index (χ2n) is 4.21. The van der Waals surface area contributed by atoms with Crippen LogP contribution in [0.1, 0.15) is 11.1 Å². The van der Waals surface area contributed by atoms with Crippen molar-refractivity contribution < 1.29 is 4.39 Å². The van der Waals surface area contributed by atoms with E-state index in [4.69, 9.17) is 5.26 Å². The van der Waals surface area contributed by atoms with Crippen LogP contribution < -0.4 is 4.90 Å². The molecule has 2 aromatic rings. The molecular weight excluding hydrogens is 227 g/mol. The fourth-order valence-electron chi connectivity index (χ4n) is 1.82. The van der Waals surface area contributed by atoms with Crippen molar-refractivity contribution in [2.24, 2.45) is 0 Å². The van der Waals surface area contributed by atoms with Crippen molar-refractivity contribution in [3.63, 3.8) is 0 Å². The number of benzene rings is 2. The highest BCUT2D eigenvalue weighted by molar-refractivity contribution is 5.64. The first-order valence-electron chi connectivity index (χ1n) is 5.61. The summed E-state index contributed by atoms with van der Waals surface area (Å²) in [6, 6.07) is 14.2. The maximum absolute atomic E-state index is 13.4. The first kappa shape index (κ1) is 12.1. The normalized spacial score (nSPS) is 9.89. The van der Waals surface area contributed by atoms with Crippen molar-refractivity contribution in [3.8, 4) is 6.07 Å². The van der Waals surface area contributed by atoms with Crippen LogP contribution in [0.2, 0.25) is 0 Å². The van der Waals surface area contributed by atoms with Crippen molar-refractivity contribution in [2.75, 3.05) is 11.9 Å². The molecule has 2 nitrogen and oxygen atoms in total. The van der Waals surface area contributed by atoms with E-state index in [1.54, 1.807) is 6.07 Å². The van der Waals surface area contributed by atoms with E-state index in [0.29, 0.717) is 11.3 Å². The number of hydrogen-bond donors (Lipinski definition) is 0. The molecule has 2 rings (SSSR count). The molecule has 2 aromatic carbocycles. The van der Waals surface area contributed by atoms with Crippen molar-refractivity contribution in [2.45, 2.75) is 6.92 Å². The summed E-state index contributed by atoms with van der Waals surface area (Å²) < 4.78 is 13.4. The van der Waals surface area contributed by atoms with E-state index < -0.39 is 5.82 Å². The maximum Gasteiger partial charge on any atom is 0.126 e. The number of nitriles is 1. The van der Waals surface area contributed by atoms with E-state index in [-0.39, 0.29) is 0 Å². The van der Waals surface area contributed by atoms with E-state index in [2.05, 4.69) is 0 Å². The molecule has 0 aliphatic rings. The summed E-state index contributed by atoms with van der Waals surface area (Å²) in [5, 5.41) is 8.85. The zero-order chi connectivity index (χ0) is 13.1. The highest BCUT2D eigenvalue weighted by Crippen LogP contribution is 2.25. The molecule has 0 unspecified atom stereocenters. The van der Waals surface area contributed by atoms with Gasteiger partial charge in [0.05, 0.1) is 11.6 Å². The molecule has 18 heavy (non-hydrogen) atoms. The molecule has 0 fully saturated rings. The van der Waals surface area contributed by atoms with Gasteiger partial charge in [-0.1, -0.05) is 12.1 Å². The highest BCUT2D eigenvalue weighted by atomic mass is 19.1. The van der Waals surface area contributed by atoms with Crippen molar-refractivity contribution in [1.82, 2.24) is 0 Å². The van der Waals surface area contributed by atoms with Gasteiger partial charge in [-0.25, -0.2) is 4.39 Å². The van der Waals surface area contributed by atoms with Crippen LogP contribution >= 0.6 is 0 Å². The van der Waals surface area contributed by atoms with Crippen molar-refractivity contribution >= 4 is 11.4 Å². The van der Waals surface area contributed by atoms with Gasteiger partial charge in [-0.3, -0.25) is 0 Å². The lowest BCUT2D eigenvalue weighted by molar-refractivity contribution is 0.627. The van der Waals surface area contributed by atoms with Gasteiger partial charge in [-0.2, -0.15) is 5.26 Å². The second-order valence-corrected chi connectivity index (χ2v) is 4.21. The van der Waals surface area contributed by atoms with Crippen LogP contribution in [0.4, 0.5) is 15.8 Å². The standard InChI is InChI=1S/C15H13FN2/c1-11-4-3-5-14(6-11)18(2)15-8-12(10-17)7-13(16)9-15/h3-9H,1-2H3. The lowest BCUT2D eigenvalue weighted by atomic mass is 10.1. The summed E-state index contributed by atoms with van der Waals surface area (Å²) in [4.78, 5) is 1.86. The zero-order valence-corrected chi connectivity index (χ0v) is 10.3. The molecule has 0 spiro atoms. The summed E-state index contributed by atoms with van der Waals surface area (Å²) in [5.41, 5.74) is 3.09. The van der Waals surface area contributed by atoms with Gasteiger partial charge in [0.15, 0.2) is 0 Å². The van der Waals surface area contributed by atoms with Gasteiger partial charge in [0, 0.05) is 18.4 Å². The Hall–Kier alpha value is -2.34. The lowest BCUT2D eigenvalue weighted by Crippen LogP contribution is -2.10. The minimum absolute atomic E-state index is 0.324. The van der Waals surface area contributed by atoms with Crippen LogP contribution in [0.25, 0.3) is 0 Å². The van der Waals surface area contributed by atoms with E-state index in [0.717, 1.165) is 11.3 Å². The molecule has 0 aliphatic heterocycles. The number of hydrogen-bond acceptors (Lipinski definition) is 2. The zero-order valence-electron chi connectivity index (χ0n) is 10.3. The number of rotatable bonds is 2. The van der Waals surface area contributed by atoms with Crippen LogP contribution in [0, 0.1) is 24.1 Å². The van der Waals surface area contributed by atoms with Gasteiger partial charge >= 0.3 is 0 Å². The number of nitrogens with zero attached hydrogens (tertiary/aromatic N) is 2. The molecule has 0 aliphatic carbocycles. The van der Waals surface area contributed by atoms with Crippen molar-refractivity contribution in [1.29, 1.82) is 5.26 Å². The summed E-state index contributed by atoms with van der Waals surface area (Å²) in [5.74, 6) is -0.399. The Labute approximate surface area is 106 Å². The molecule has 0 heterocycles. The van der Waals surface area contributed by atoms with Gasteiger partial charge in [0.1, 0.15) is 5.82 Å². The Morgan fingerprint density at radius 2 is 1.89 bits per heavy atom. The monoisotopic (exact) mass is 240 g/mol. The van der Waals surface area contributed by atoms with Crippen LogP contribution in [0.15, 0.2) is 42.5 Å². The third-order valence-electron chi connectivity index (χ3n) is 2.79. The third kappa shape index (κ3) is 2.49. The Bertz CT molecular complexity index is 614. The second kappa shape index (κ2) is 4.89. The van der Waals surface area contributed by atoms with E-state index in [1.807, 2.05) is 49.2 Å². The summed E-state index contributed by atoms with van der Waals surface area (Å²) >= 11 is 0. The number of anilines is 2. The van der Waals surface area contributed by atoms with Crippen LogP contribution in [-0.4, -0.2) is 7.05 Å². The van der Waals surface area contributed by atoms with Crippen molar-refractivity contribution in [3.05, 3.63) is 59.4 Å². The Morgan fingerprint density at radius 1 is 1.11 bits per heavy atom. The molecule has 0 N–H and O–H groups in total. The summed E-state index contributed by atoms with van der Waals surface area (Å²) in [6.45, 7) is 2.00. The summed E-state index contributed by atoms with van der Waals surface area (Å²) in [6.07, 6.45) is 0. The van der Waals surface area contributed by atoms with E-state index >= 15 is 0 Å². The molecule has 90 valence electrons. The summed E-state index contributed by atoms with van der Waals surface area (Å²) in [7, 11) is 1.85. The Balaban J connectivity index is 2.43. The largest absolute Gasteiger partial charge is 0.344 e. The fourth-order valence-corrected chi connectivity index (χ4v) is 1.82. The van der Waals surface area contributed by atoms with Gasteiger partial charge in [-0.15, -0.1) is 0 Å². The first-order valence-corrected chi connectivity index (χ1v) is 5.61. The minimum atomic E-state index is -0.399. The lowest BCUT2D eigenvalue weighted by Gasteiger charge is -2.20. The average molecular weight is 240 g/mol. The van der Waals surface area contributed by atoms with Crippen LogP contribution in [0.5, 0.6) is 0 Å². The number of halogens is 1. The molecule has 0 bridgehead atoms. The predicted molar refractivity (Wildman–Crippen MR) is 70.4 cm³/mol. The molecule has 0 saturated heterocycles. The third-order valence-corrected chi connectivity index (χ3v) is 2.79. The molecule has 0 aromatic heterocycles. The fraction of sp³-hybridized carbons (Fsp3) is 0.133. The van der Waals surface area contributed by atoms with Gasteiger partial charge in [0.25, 0.3) is 0 Å². The first-order chi connectivity index (χ1) is 8.60. The number of aryl methyl sites for hydroxylation is 1. The Morgan fingerprint density at radius 3 is 2.56 bits per heavy atom. The predicted octanol–water partition coefficient (Wildman–Crippen LogP) is 3.77. The van der Waals surface area contributed by atoms with E-state index in [1.165, 1.54) is 12.1 Å². The molecule has 0 radical (unpaired) electrons. The van der Waals surface area contributed by atoms with Gasteiger partial charge in [0.2, 0.25) is 0 Å². The molecule has 3 heteroatoms. The Kier molecular flexibility index (Phi) is 3.29. The van der Waals surface area contributed by atoms with Crippen LogP contribution in [0.3, 0.4) is 0 Å². The maximum atomic E-state index is 13.4. The van der Waals surface area contributed by atoms with Gasteiger partial charge < -0.3 is 4.90 Å².